The normalized spacial score (nSPS) is 13.6. The number of hydrogen-bond donors (Lipinski definition) is 3. The molecular weight excluding hydrogens is 462 g/mol. The molecule has 10 nitrogen and oxygen atoms in total. The number of aliphatic imine (C=N–C) groups is 1. The van der Waals surface area contributed by atoms with Crippen molar-refractivity contribution in [3.05, 3.63) is 65.6 Å². The van der Waals surface area contributed by atoms with Crippen LogP contribution in [0.5, 0.6) is 5.75 Å². The molecule has 1 aliphatic rings. The van der Waals surface area contributed by atoms with Crippen molar-refractivity contribution in [3.8, 4) is 17.6 Å². The van der Waals surface area contributed by atoms with E-state index in [-0.39, 0.29) is 18.9 Å². The molecule has 2 aromatic rings. The van der Waals surface area contributed by atoms with Crippen LogP contribution in [0.15, 0.2) is 53.8 Å². The molecule has 3 rings (SSSR count). The van der Waals surface area contributed by atoms with Gasteiger partial charge in [0.15, 0.2) is 5.60 Å². The quantitative estimate of drug-likeness (QED) is 0.203. The molecule has 1 fully saturated rings. The van der Waals surface area contributed by atoms with Crippen molar-refractivity contribution in [2.24, 2.45) is 16.5 Å². The predicted octanol–water partition coefficient (Wildman–Crippen LogP) is 1.06. The first-order valence-electron chi connectivity index (χ1n) is 11.1. The number of anilines is 1. The average Bonchev–Trinajstić information content (AvgIpc) is 2.85. The fourth-order valence-corrected chi connectivity index (χ4v) is 2.82. The van der Waals surface area contributed by atoms with E-state index < -0.39 is 11.5 Å². The van der Waals surface area contributed by atoms with Gasteiger partial charge in [0.25, 0.3) is 5.91 Å². The van der Waals surface area contributed by atoms with E-state index in [0.717, 1.165) is 23.1 Å². The number of amides is 1. The number of rotatable bonds is 9. The third kappa shape index (κ3) is 9.21. The van der Waals surface area contributed by atoms with Crippen LogP contribution in [-0.2, 0) is 16.1 Å². The molecule has 0 bridgehead atoms. The molecule has 0 unspecified atom stereocenters. The number of ether oxygens (including phenoxy) is 2. The van der Waals surface area contributed by atoms with E-state index in [4.69, 9.17) is 20.9 Å². The van der Waals surface area contributed by atoms with Crippen LogP contribution < -0.4 is 21.1 Å². The van der Waals surface area contributed by atoms with Crippen LogP contribution in [0.3, 0.4) is 0 Å². The molecule has 2 heterocycles. The molecule has 5 N–H and O–H groups in total. The van der Waals surface area contributed by atoms with Gasteiger partial charge in [-0.25, -0.2) is 0 Å². The second-order valence-corrected chi connectivity index (χ2v) is 7.94. The molecule has 36 heavy (non-hydrogen) atoms. The van der Waals surface area contributed by atoms with Crippen molar-refractivity contribution in [2.75, 3.05) is 38.8 Å². The summed E-state index contributed by atoms with van der Waals surface area (Å²) < 4.78 is 10.5. The lowest BCUT2D eigenvalue weighted by Gasteiger charge is -2.30. The van der Waals surface area contributed by atoms with E-state index in [1.807, 2.05) is 37.2 Å². The fourth-order valence-electron chi connectivity index (χ4n) is 2.82. The first kappa shape index (κ1) is 28.0. The van der Waals surface area contributed by atoms with E-state index in [9.17, 15) is 14.7 Å². The number of primary amides is 1. The van der Waals surface area contributed by atoms with E-state index in [1.54, 1.807) is 24.4 Å². The Hall–Kier alpha value is -4.20. The summed E-state index contributed by atoms with van der Waals surface area (Å²) in [6.45, 7) is 1.33. The zero-order valence-corrected chi connectivity index (χ0v) is 20.4. The zero-order chi connectivity index (χ0) is 26.4. The molecule has 1 saturated heterocycles. The van der Waals surface area contributed by atoms with Crippen molar-refractivity contribution < 1.29 is 24.2 Å². The highest BCUT2D eigenvalue weighted by molar-refractivity contribution is 5.90. The van der Waals surface area contributed by atoms with Crippen molar-refractivity contribution in [1.29, 1.82) is 0 Å². The van der Waals surface area contributed by atoms with Crippen molar-refractivity contribution in [3.63, 3.8) is 0 Å². The minimum Gasteiger partial charge on any atom is -0.491 e. The summed E-state index contributed by atoms with van der Waals surface area (Å²) in [5, 5.41) is 9.88. The third-order valence-electron chi connectivity index (χ3n) is 4.71. The van der Waals surface area contributed by atoms with Gasteiger partial charge in [0.05, 0.1) is 32.1 Å². The largest absolute Gasteiger partial charge is 0.491 e. The number of aldehydes is 1. The summed E-state index contributed by atoms with van der Waals surface area (Å²) >= 11 is 0. The van der Waals surface area contributed by atoms with Crippen LogP contribution in [0.2, 0.25) is 0 Å². The third-order valence-corrected chi connectivity index (χ3v) is 4.71. The Bertz CT molecular complexity index is 1150. The average molecular weight is 494 g/mol. The summed E-state index contributed by atoms with van der Waals surface area (Å²) in [5.74, 6) is 5.95. The highest BCUT2D eigenvalue weighted by atomic mass is 16.5. The predicted molar refractivity (Wildman–Crippen MR) is 138 cm³/mol. The molecular formula is C26H31N5O5. The first-order valence-corrected chi connectivity index (χ1v) is 11.1. The molecule has 190 valence electrons. The SMILES string of the molecule is CN(C)c1cc(C#CC2(O)COC2)ccc1OCCC=O.N/C=C\C=NCc1ccnc(C(N)=O)c1. The Kier molecular flexibility index (Phi) is 11.1. The maximum atomic E-state index is 10.8. The highest BCUT2D eigenvalue weighted by Gasteiger charge is 2.33. The van der Waals surface area contributed by atoms with Crippen LogP contribution in [-0.4, -0.2) is 68.0 Å². The monoisotopic (exact) mass is 493 g/mol. The molecule has 0 spiro atoms. The van der Waals surface area contributed by atoms with E-state index in [2.05, 4.69) is 21.8 Å². The summed E-state index contributed by atoms with van der Waals surface area (Å²) in [4.78, 5) is 31.0. The van der Waals surface area contributed by atoms with Gasteiger partial charge in [-0.1, -0.05) is 11.8 Å². The minimum absolute atomic E-state index is 0.247. The highest BCUT2D eigenvalue weighted by Crippen LogP contribution is 2.28. The van der Waals surface area contributed by atoms with E-state index in [1.165, 1.54) is 12.4 Å². The van der Waals surface area contributed by atoms with Crippen LogP contribution in [0.4, 0.5) is 5.69 Å². The van der Waals surface area contributed by atoms with Gasteiger partial charge < -0.3 is 35.7 Å². The first-order chi connectivity index (χ1) is 17.3. The van der Waals surface area contributed by atoms with Crippen molar-refractivity contribution >= 4 is 24.1 Å². The van der Waals surface area contributed by atoms with Gasteiger partial charge in [-0.15, -0.1) is 0 Å². The smallest absolute Gasteiger partial charge is 0.267 e. The Balaban J connectivity index is 0.000000269. The zero-order valence-electron chi connectivity index (χ0n) is 20.4. The van der Waals surface area contributed by atoms with E-state index >= 15 is 0 Å². The molecule has 10 heteroatoms. The molecule has 0 radical (unpaired) electrons. The van der Waals surface area contributed by atoms with Gasteiger partial charge in [0.2, 0.25) is 0 Å². The van der Waals surface area contributed by atoms with Crippen LogP contribution >= 0.6 is 0 Å². The molecule has 0 saturated carbocycles. The lowest BCUT2D eigenvalue weighted by molar-refractivity contribution is -0.140. The van der Waals surface area contributed by atoms with Gasteiger partial charge in [0, 0.05) is 38.5 Å². The van der Waals surface area contributed by atoms with Crippen molar-refractivity contribution in [1.82, 2.24) is 4.98 Å². The molecule has 1 aromatic heterocycles. The number of aromatic nitrogens is 1. The Morgan fingerprint density at radius 3 is 2.72 bits per heavy atom. The molecule has 1 aliphatic heterocycles. The molecule has 1 amide bonds. The maximum absolute atomic E-state index is 10.8. The molecule has 1 aromatic carbocycles. The maximum Gasteiger partial charge on any atom is 0.267 e. The Morgan fingerprint density at radius 2 is 2.11 bits per heavy atom. The summed E-state index contributed by atoms with van der Waals surface area (Å²) in [5.41, 5.74) is 12.0. The molecule has 0 aliphatic carbocycles. The molecule has 0 atom stereocenters. The summed E-state index contributed by atoms with van der Waals surface area (Å²) in [7, 11) is 3.82. The number of allylic oxidation sites excluding steroid dienone is 1. The lowest BCUT2D eigenvalue weighted by Crippen LogP contribution is -2.48. The lowest BCUT2D eigenvalue weighted by atomic mass is 10.0. The second-order valence-electron chi connectivity index (χ2n) is 7.94. The Morgan fingerprint density at radius 1 is 1.33 bits per heavy atom. The fraction of sp³-hybridized carbons (Fsp3) is 0.308. The minimum atomic E-state index is -1.02. The van der Waals surface area contributed by atoms with Crippen LogP contribution in [0.1, 0.15) is 28.0 Å². The van der Waals surface area contributed by atoms with Gasteiger partial charge >= 0.3 is 0 Å². The second kappa shape index (κ2) is 14.3. The van der Waals surface area contributed by atoms with E-state index in [0.29, 0.717) is 25.3 Å². The van der Waals surface area contributed by atoms with Crippen molar-refractivity contribution in [2.45, 2.75) is 18.6 Å². The number of carbonyl (C=O) groups excluding carboxylic acids is 2. The van der Waals surface area contributed by atoms with Crippen LogP contribution in [0, 0.1) is 11.8 Å². The summed E-state index contributed by atoms with van der Waals surface area (Å²) in [6.07, 6.45) is 7.33. The number of nitrogens with zero attached hydrogens (tertiary/aromatic N) is 3. The van der Waals surface area contributed by atoms with Gasteiger partial charge in [-0.3, -0.25) is 14.8 Å². The summed E-state index contributed by atoms with van der Waals surface area (Å²) in [6, 6.07) is 8.94. The number of pyridine rings is 1. The topological polar surface area (TPSA) is 153 Å². The van der Waals surface area contributed by atoms with Crippen LogP contribution in [0.25, 0.3) is 0 Å². The Labute approximate surface area is 210 Å². The number of aliphatic hydroxyl groups is 1. The van der Waals surface area contributed by atoms with Gasteiger partial charge in [-0.2, -0.15) is 0 Å². The number of nitrogens with two attached hydrogens (primary N) is 2. The number of carbonyl (C=O) groups is 2. The number of hydrogen-bond acceptors (Lipinski definition) is 9. The van der Waals surface area contributed by atoms with Gasteiger partial charge in [-0.05, 0) is 48.2 Å². The standard InChI is InChI=1S/C16H19NO4.C10H12N4O/c1-17(2)14-10-13(6-7-16(19)11-20-12-16)4-5-15(14)21-9-3-8-18;11-3-1-4-13-7-8-2-5-14-9(6-8)10(12)15/h4-5,8,10,19H,3,9,11-12H2,1-2H3;1-6H,7,11H2,(H2,12,15)/b;3-1-,13-4?. The number of benzene rings is 1. The van der Waals surface area contributed by atoms with Gasteiger partial charge in [0.1, 0.15) is 17.7 Å².